The number of halogens is 1. The lowest BCUT2D eigenvalue weighted by atomic mass is 10.1. The predicted molar refractivity (Wildman–Crippen MR) is 79.6 cm³/mol. The summed E-state index contributed by atoms with van der Waals surface area (Å²) in [6.45, 7) is 2.54. The Kier molecular flexibility index (Phi) is 6.44. The number of amides is 1. The lowest BCUT2D eigenvalue weighted by Crippen LogP contribution is -2.26. The van der Waals surface area contributed by atoms with Crippen LogP contribution in [0.3, 0.4) is 0 Å². The van der Waals surface area contributed by atoms with Crippen molar-refractivity contribution >= 4 is 27.5 Å². The van der Waals surface area contributed by atoms with Gasteiger partial charge in [0.05, 0.1) is 17.6 Å². The third-order valence-electron chi connectivity index (χ3n) is 2.83. The fourth-order valence-electron chi connectivity index (χ4n) is 1.70. The van der Waals surface area contributed by atoms with Crippen molar-refractivity contribution in [2.24, 2.45) is 0 Å². The summed E-state index contributed by atoms with van der Waals surface area (Å²) >= 11 is 3.48. The maximum absolute atomic E-state index is 12.0. The second kappa shape index (κ2) is 7.84. The summed E-state index contributed by atoms with van der Waals surface area (Å²) in [5.74, 6) is -0.387. The summed E-state index contributed by atoms with van der Waals surface area (Å²) in [5, 5.41) is 13.6. The molecule has 0 saturated carbocycles. The van der Waals surface area contributed by atoms with E-state index in [4.69, 9.17) is 4.74 Å². The number of para-hydroxylation sites is 1. The number of benzene rings is 1. The first-order valence-electron chi connectivity index (χ1n) is 6.24. The number of nitro groups is 1. The second-order valence-electron chi connectivity index (χ2n) is 4.17. The Hall–Kier alpha value is -1.63. The SMILES string of the molecule is CCC(Br)CCNC(=O)c1cccc([N+](=O)[O-])c1OC. The average Bonchev–Trinajstić information content (AvgIpc) is 2.45. The Morgan fingerprint density at radius 3 is 2.80 bits per heavy atom. The van der Waals surface area contributed by atoms with E-state index in [2.05, 4.69) is 21.2 Å². The Morgan fingerprint density at radius 2 is 2.25 bits per heavy atom. The van der Waals surface area contributed by atoms with E-state index in [1.54, 1.807) is 0 Å². The summed E-state index contributed by atoms with van der Waals surface area (Å²) in [6, 6.07) is 4.28. The van der Waals surface area contributed by atoms with E-state index in [1.165, 1.54) is 25.3 Å². The Balaban J connectivity index is 2.82. The largest absolute Gasteiger partial charge is 0.490 e. The van der Waals surface area contributed by atoms with Crippen LogP contribution in [0, 0.1) is 10.1 Å². The highest BCUT2D eigenvalue weighted by Gasteiger charge is 2.22. The monoisotopic (exact) mass is 344 g/mol. The highest BCUT2D eigenvalue weighted by atomic mass is 79.9. The van der Waals surface area contributed by atoms with Gasteiger partial charge in [-0.1, -0.05) is 28.9 Å². The molecule has 0 aliphatic carbocycles. The van der Waals surface area contributed by atoms with Gasteiger partial charge in [-0.05, 0) is 18.9 Å². The standard InChI is InChI=1S/C13H17BrN2O4/c1-3-9(14)7-8-15-13(17)10-5-4-6-11(16(18)19)12(10)20-2/h4-6,9H,3,7-8H2,1-2H3,(H,15,17). The summed E-state index contributed by atoms with van der Waals surface area (Å²) in [7, 11) is 1.31. The van der Waals surface area contributed by atoms with Crippen molar-refractivity contribution in [2.75, 3.05) is 13.7 Å². The molecule has 1 aromatic carbocycles. The molecule has 1 atom stereocenters. The third kappa shape index (κ3) is 4.19. The van der Waals surface area contributed by atoms with E-state index in [0.717, 1.165) is 12.8 Å². The van der Waals surface area contributed by atoms with E-state index in [9.17, 15) is 14.9 Å². The minimum absolute atomic E-state index is 0.0131. The fraction of sp³-hybridized carbons (Fsp3) is 0.462. The van der Waals surface area contributed by atoms with Crippen LogP contribution in [-0.2, 0) is 0 Å². The molecule has 1 unspecified atom stereocenters. The van der Waals surface area contributed by atoms with Gasteiger partial charge in [-0.2, -0.15) is 0 Å². The number of nitrogens with zero attached hydrogens (tertiary/aromatic N) is 1. The van der Waals surface area contributed by atoms with Crippen molar-refractivity contribution in [1.29, 1.82) is 0 Å². The quantitative estimate of drug-likeness (QED) is 0.468. The van der Waals surface area contributed by atoms with Crippen LogP contribution in [-0.4, -0.2) is 29.3 Å². The molecule has 0 radical (unpaired) electrons. The zero-order valence-electron chi connectivity index (χ0n) is 11.4. The summed E-state index contributed by atoms with van der Waals surface area (Å²) in [4.78, 5) is 22.7. The van der Waals surface area contributed by atoms with Crippen molar-refractivity contribution in [3.63, 3.8) is 0 Å². The van der Waals surface area contributed by atoms with Gasteiger partial charge in [0.2, 0.25) is 5.75 Å². The second-order valence-corrected chi connectivity index (χ2v) is 5.46. The minimum Gasteiger partial charge on any atom is -0.490 e. The van der Waals surface area contributed by atoms with Crippen molar-refractivity contribution in [2.45, 2.75) is 24.6 Å². The Bertz CT molecular complexity index is 493. The molecule has 0 heterocycles. The van der Waals surface area contributed by atoms with Gasteiger partial charge in [-0.25, -0.2) is 0 Å². The Morgan fingerprint density at radius 1 is 1.55 bits per heavy atom. The summed E-state index contributed by atoms with van der Waals surface area (Å²) in [5.41, 5.74) is -0.0450. The van der Waals surface area contributed by atoms with E-state index in [-0.39, 0.29) is 22.9 Å². The van der Waals surface area contributed by atoms with Crippen LogP contribution in [0.5, 0.6) is 5.75 Å². The first-order chi connectivity index (χ1) is 9.51. The molecular formula is C13H17BrN2O4. The number of carbonyl (C=O) groups is 1. The molecule has 0 aliphatic heterocycles. The first kappa shape index (κ1) is 16.4. The van der Waals surface area contributed by atoms with Crippen molar-refractivity contribution < 1.29 is 14.5 Å². The molecule has 0 saturated heterocycles. The zero-order valence-corrected chi connectivity index (χ0v) is 13.0. The molecule has 20 heavy (non-hydrogen) atoms. The van der Waals surface area contributed by atoms with Crippen molar-refractivity contribution in [3.05, 3.63) is 33.9 Å². The molecule has 1 N–H and O–H groups in total. The van der Waals surface area contributed by atoms with E-state index >= 15 is 0 Å². The third-order valence-corrected chi connectivity index (χ3v) is 3.93. The number of nitro benzene ring substituents is 1. The fourth-order valence-corrected chi connectivity index (χ4v) is 1.93. The van der Waals surface area contributed by atoms with Gasteiger partial charge in [0.1, 0.15) is 0 Å². The molecule has 7 heteroatoms. The molecule has 1 rings (SSSR count). The van der Waals surface area contributed by atoms with Gasteiger partial charge in [0.25, 0.3) is 5.91 Å². The maximum atomic E-state index is 12.0. The van der Waals surface area contributed by atoms with E-state index in [1.807, 2.05) is 6.92 Å². The number of ether oxygens (including phenoxy) is 1. The molecule has 1 aromatic rings. The summed E-state index contributed by atoms with van der Waals surface area (Å²) < 4.78 is 5.00. The average molecular weight is 345 g/mol. The number of alkyl halides is 1. The molecule has 0 aliphatic rings. The van der Waals surface area contributed by atoms with Gasteiger partial charge in [0, 0.05) is 17.4 Å². The van der Waals surface area contributed by atoms with Gasteiger partial charge < -0.3 is 10.1 Å². The van der Waals surface area contributed by atoms with Crippen LogP contribution in [0.15, 0.2) is 18.2 Å². The number of hydrogen-bond donors (Lipinski definition) is 1. The number of nitrogens with one attached hydrogen (secondary N) is 1. The number of methoxy groups -OCH3 is 1. The molecular weight excluding hydrogens is 328 g/mol. The lowest BCUT2D eigenvalue weighted by Gasteiger charge is -2.10. The van der Waals surface area contributed by atoms with E-state index < -0.39 is 4.92 Å². The molecule has 6 nitrogen and oxygen atoms in total. The Labute approximate surface area is 125 Å². The smallest absolute Gasteiger partial charge is 0.311 e. The molecule has 0 fully saturated rings. The zero-order chi connectivity index (χ0) is 15.1. The topological polar surface area (TPSA) is 81.5 Å². The molecule has 0 bridgehead atoms. The van der Waals surface area contributed by atoms with Crippen LogP contribution in [0.4, 0.5) is 5.69 Å². The van der Waals surface area contributed by atoms with Crippen LogP contribution in [0.1, 0.15) is 30.1 Å². The van der Waals surface area contributed by atoms with Crippen LogP contribution in [0.25, 0.3) is 0 Å². The lowest BCUT2D eigenvalue weighted by molar-refractivity contribution is -0.385. The maximum Gasteiger partial charge on any atom is 0.311 e. The predicted octanol–water partition coefficient (Wildman–Crippen LogP) is 2.90. The molecule has 0 aromatic heterocycles. The number of hydrogen-bond acceptors (Lipinski definition) is 4. The normalized spacial score (nSPS) is 11.8. The van der Waals surface area contributed by atoms with Gasteiger partial charge >= 0.3 is 5.69 Å². The van der Waals surface area contributed by atoms with Crippen LogP contribution >= 0.6 is 15.9 Å². The summed E-state index contributed by atoms with van der Waals surface area (Å²) in [6.07, 6.45) is 1.76. The minimum atomic E-state index is -0.568. The van der Waals surface area contributed by atoms with Crippen molar-refractivity contribution in [3.8, 4) is 5.75 Å². The van der Waals surface area contributed by atoms with Crippen LogP contribution in [0.2, 0.25) is 0 Å². The molecule has 0 spiro atoms. The van der Waals surface area contributed by atoms with Crippen LogP contribution < -0.4 is 10.1 Å². The molecule has 1 amide bonds. The number of carbonyl (C=O) groups excluding carboxylic acids is 1. The highest BCUT2D eigenvalue weighted by molar-refractivity contribution is 9.09. The number of rotatable bonds is 7. The highest BCUT2D eigenvalue weighted by Crippen LogP contribution is 2.30. The first-order valence-corrected chi connectivity index (χ1v) is 7.16. The van der Waals surface area contributed by atoms with Crippen molar-refractivity contribution in [1.82, 2.24) is 5.32 Å². The van der Waals surface area contributed by atoms with Gasteiger partial charge in [-0.3, -0.25) is 14.9 Å². The van der Waals surface area contributed by atoms with Gasteiger partial charge in [0.15, 0.2) is 0 Å². The molecule has 110 valence electrons. The van der Waals surface area contributed by atoms with E-state index in [0.29, 0.717) is 11.4 Å². The van der Waals surface area contributed by atoms with Gasteiger partial charge in [-0.15, -0.1) is 0 Å².